The van der Waals surface area contributed by atoms with E-state index < -0.39 is 0 Å². The summed E-state index contributed by atoms with van der Waals surface area (Å²) in [5, 5.41) is 8.14. The average Bonchev–Trinajstić information content (AvgIpc) is 2.71. The third-order valence-corrected chi connectivity index (χ3v) is 3.08. The summed E-state index contributed by atoms with van der Waals surface area (Å²) in [5.41, 5.74) is 2.00. The van der Waals surface area contributed by atoms with Crippen LogP contribution in [-0.2, 0) is 0 Å². The van der Waals surface area contributed by atoms with E-state index in [1.807, 2.05) is 30.3 Å². The van der Waals surface area contributed by atoms with Crippen LogP contribution in [0.1, 0.15) is 20.7 Å². The van der Waals surface area contributed by atoms with E-state index in [9.17, 15) is 9.59 Å². The molecule has 0 spiro atoms. The molecular formula is C16H10N2O2. The molecule has 0 amide bonds. The summed E-state index contributed by atoms with van der Waals surface area (Å²) < 4.78 is 0. The minimum atomic E-state index is -0.332. The molecule has 0 heterocycles. The lowest BCUT2D eigenvalue weighted by Crippen LogP contribution is -1.97. The fourth-order valence-corrected chi connectivity index (χ4v) is 2.02. The van der Waals surface area contributed by atoms with Crippen LogP contribution >= 0.6 is 0 Å². The molecular weight excluding hydrogens is 252 g/mol. The number of hydrogen-bond donors (Lipinski definition) is 0. The van der Waals surface area contributed by atoms with Gasteiger partial charge in [-0.1, -0.05) is 24.8 Å². The fourth-order valence-electron chi connectivity index (χ4n) is 2.02. The zero-order chi connectivity index (χ0) is 14.1. The Hall–Kier alpha value is -2.88. The lowest BCUT2D eigenvalue weighted by molar-refractivity contribution is 0.0989. The van der Waals surface area contributed by atoms with Crippen molar-refractivity contribution in [3.05, 3.63) is 71.8 Å². The van der Waals surface area contributed by atoms with Gasteiger partial charge in [-0.15, -0.1) is 0 Å². The number of benzene rings is 2. The van der Waals surface area contributed by atoms with Crippen molar-refractivity contribution in [1.82, 2.24) is 0 Å². The molecule has 4 heteroatoms. The van der Waals surface area contributed by atoms with Crippen molar-refractivity contribution >= 4 is 22.9 Å². The summed E-state index contributed by atoms with van der Waals surface area (Å²) in [6.45, 7) is 3.50. The predicted molar refractivity (Wildman–Crippen MR) is 74.9 cm³/mol. The summed E-state index contributed by atoms with van der Waals surface area (Å²) in [5.74, 6) is -0.640. The van der Waals surface area contributed by atoms with Gasteiger partial charge in [0.05, 0.1) is 16.9 Å². The van der Waals surface area contributed by atoms with Gasteiger partial charge >= 0.3 is 0 Å². The smallest absolute Gasteiger partial charge is 0.197 e. The monoisotopic (exact) mass is 262 g/mol. The maximum Gasteiger partial charge on any atom is 0.197 e. The number of fused-ring (bicyclic) bond motifs is 1. The normalized spacial score (nSPS) is 14.1. The summed E-state index contributed by atoms with van der Waals surface area (Å²) in [6.07, 6.45) is 0. The highest BCUT2D eigenvalue weighted by molar-refractivity contribution is 6.39. The molecule has 0 atom stereocenters. The average molecular weight is 262 g/mol. The standard InChI is InChI=1S/C16H10N2O2/c1-10-15(19)13-8-7-12(9-14(13)16(10)20)18-17-11-5-3-2-4-6-11/h2-9H,1H2. The number of azo groups is 1. The van der Waals surface area contributed by atoms with E-state index in [-0.39, 0.29) is 17.1 Å². The number of hydrogen-bond acceptors (Lipinski definition) is 4. The second-order valence-corrected chi connectivity index (χ2v) is 4.40. The molecule has 20 heavy (non-hydrogen) atoms. The highest BCUT2D eigenvalue weighted by Gasteiger charge is 2.31. The second kappa shape index (κ2) is 4.66. The maximum atomic E-state index is 11.8. The van der Waals surface area contributed by atoms with Gasteiger partial charge in [-0.05, 0) is 30.3 Å². The molecule has 0 N–H and O–H groups in total. The third-order valence-electron chi connectivity index (χ3n) is 3.08. The first-order valence-electron chi connectivity index (χ1n) is 6.06. The summed E-state index contributed by atoms with van der Waals surface area (Å²) >= 11 is 0. The molecule has 1 aliphatic rings. The molecule has 0 radical (unpaired) electrons. The Labute approximate surface area is 115 Å². The first-order valence-corrected chi connectivity index (χ1v) is 6.06. The number of carbonyl (C=O) groups excluding carboxylic acids is 2. The van der Waals surface area contributed by atoms with Crippen molar-refractivity contribution in [2.75, 3.05) is 0 Å². The van der Waals surface area contributed by atoms with Gasteiger partial charge in [-0.25, -0.2) is 0 Å². The van der Waals surface area contributed by atoms with Gasteiger partial charge in [0.15, 0.2) is 11.6 Å². The highest BCUT2D eigenvalue weighted by Crippen LogP contribution is 2.29. The number of Topliss-reactive ketones (excluding diaryl/α,β-unsaturated/α-hetero) is 2. The zero-order valence-electron chi connectivity index (χ0n) is 10.5. The first-order chi connectivity index (χ1) is 9.66. The second-order valence-electron chi connectivity index (χ2n) is 4.40. The molecule has 4 nitrogen and oxygen atoms in total. The quantitative estimate of drug-likeness (QED) is 0.466. The van der Waals surface area contributed by atoms with E-state index >= 15 is 0 Å². The van der Waals surface area contributed by atoms with Crippen LogP contribution in [0, 0.1) is 0 Å². The minimum Gasteiger partial charge on any atom is -0.288 e. The molecule has 0 unspecified atom stereocenters. The van der Waals surface area contributed by atoms with Crippen LogP contribution in [0.3, 0.4) is 0 Å². The number of rotatable bonds is 2. The Morgan fingerprint density at radius 2 is 1.40 bits per heavy atom. The predicted octanol–water partition coefficient (Wildman–Crippen LogP) is 4.04. The Morgan fingerprint density at radius 1 is 0.750 bits per heavy atom. The van der Waals surface area contributed by atoms with E-state index in [0.29, 0.717) is 16.8 Å². The van der Waals surface area contributed by atoms with E-state index in [1.165, 1.54) is 0 Å². The summed E-state index contributed by atoms with van der Waals surface area (Å²) in [7, 11) is 0. The van der Waals surface area contributed by atoms with Gasteiger partial charge in [-0.3, -0.25) is 9.59 Å². The lowest BCUT2D eigenvalue weighted by atomic mass is 10.1. The van der Waals surface area contributed by atoms with Gasteiger partial charge in [0, 0.05) is 11.1 Å². The Kier molecular flexibility index (Phi) is 2.84. The van der Waals surface area contributed by atoms with Crippen LogP contribution in [0.2, 0.25) is 0 Å². The van der Waals surface area contributed by atoms with Crippen LogP contribution in [0.5, 0.6) is 0 Å². The Morgan fingerprint density at radius 3 is 2.15 bits per heavy atom. The number of nitrogens with zero attached hydrogens (tertiary/aromatic N) is 2. The van der Waals surface area contributed by atoms with Crippen LogP contribution in [0.15, 0.2) is 70.9 Å². The molecule has 0 aliphatic heterocycles. The van der Waals surface area contributed by atoms with Crippen molar-refractivity contribution < 1.29 is 9.59 Å². The first kappa shape index (κ1) is 12.2. The molecule has 0 saturated heterocycles. The van der Waals surface area contributed by atoms with Crippen molar-refractivity contribution in [3.8, 4) is 0 Å². The summed E-state index contributed by atoms with van der Waals surface area (Å²) in [4.78, 5) is 23.6. The van der Waals surface area contributed by atoms with Crippen molar-refractivity contribution in [1.29, 1.82) is 0 Å². The van der Waals surface area contributed by atoms with Crippen molar-refractivity contribution in [3.63, 3.8) is 0 Å². The topological polar surface area (TPSA) is 58.9 Å². The van der Waals surface area contributed by atoms with Gasteiger partial charge in [0.1, 0.15) is 0 Å². The van der Waals surface area contributed by atoms with Gasteiger partial charge in [0.2, 0.25) is 0 Å². The highest BCUT2D eigenvalue weighted by atomic mass is 16.2. The van der Waals surface area contributed by atoms with E-state index in [1.54, 1.807) is 18.2 Å². The van der Waals surface area contributed by atoms with Crippen molar-refractivity contribution in [2.45, 2.75) is 0 Å². The number of ketones is 2. The van der Waals surface area contributed by atoms with Crippen molar-refractivity contribution in [2.24, 2.45) is 10.2 Å². The maximum absolute atomic E-state index is 11.8. The van der Waals surface area contributed by atoms with Crippen LogP contribution in [0.25, 0.3) is 0 Å². The Balaban J connectivity index is 1.95. The van der Waals surface area contributed by atoms with E-state index in [0.717, 1.165) is 5.69 Å². The molecule has 2 aromatic carbocycles. The van der Waals surface area contributed by atoms with Gasteiger partial charge in [-0.2, -0.15) is 10.2 Å². The summed E-state index contributed by atoms with van der Waals surface area (Å²) in [6, 6.07) is 14.1. The molecule has 0 fully saturated rings. The molecule has 2 aromatic rings. The molecule has 0 saturated carbocycles. The van der Waals surface area contributed by atoms with Crippen LogP contribution < -0.4 is 0 Å². The lowest BCUT2D eigenvalue weighted by Gasteiger charge is -1.97. The molecule has 0 bridgehead atoms. The van der Waals surface area contributed by atoms with Crippen LogP contribution in [0.4, 0.5) is 11.4 Å². The zero-order valence-corrected chi connectivity index (χ0v) is 10.5. The molecule has 0 aromatic heterocycles. The van der Waals surface area contributed by atoms with E-state index in [2.05, 4.69) is 16.8 Å². The SMILES string of the molecule is C=C1C(=O)c2ccc(N=Nc3ccccc3)cc2C1=O. The fraction of sp³-hybridized carbons (Fsp3) is 0. The Bertz CT molecular complexity index is 761. The molecule has 96 valence electrons. The minimum absolute atomic E-state index is 0.0112. The third kappa shape index (κ3) is 1.97. The largest absolute Gasteiger partial charge is 0.288 e. The van der Waals surface area contributed by atoms with Gasteiger partial charge in [0.25, 0.3) is 0 Å². The molecule has 3 rings (SSSR count). The van der Waals surface area contributed by atoms with Crippen LogP contribution in [-0.4, -0.2) is 11.6 Å². The van der Waals surface area contributed by atoms with E-state index in [4.69, 9.17) is 0 Å². The van der Waals surface area contributed by atoms with Gasteiger partial charge < -0.3 is 0 Å². The molecule has 1 aliphatic carbocycles. The number of carbonyl (C=O) groups is 2. The number of allylic oxidation sites excluding steroid dienone is 1.